The van der Waals surface area contributed by atoms with Gasteiger partial charge in [-0.15, -0.1) is 0 Å². The Morgan fingerprint density at radius 3 is 2.54 bits per heavy atom. The number of benzene rings is 2. The van der Waals surface area contributed by atoms with E-state index in [0.717, 1.165) is 16.7 Å². The molecule has 5 nitrogen and oxygen atoms in total. The van der Waals surface area contributed by atoms with Gasteiger partial charge in [0, 0.05) is 13.0 Å². The van der Waals surface area contributed by atoms with Gasteiger partial charge in [0.2, 0.25) is 11.8 Å². The maximum absolute atomic E-state index is 13.3. The van der Waals surface area contributed by atoms with Gasteiger partial charge in [-0.25, -0.2) is 0 Å². The molecule has 2 aliphatic heterocycles. The van der Waals surface area contributed by atoms with E-state index in [-0.39, 0.29) is 24.1 Å². The molecule has 1 saturated carbocycles. The van der Waals surface area contributed by atoms with Crippen LogP contribution >= 0.6 is 0 Å². The quantitative estimate of drug-likeness (QED) is 0.838. The van der Waals surface area contributed by atoms with Crippen LogP contribution in [-0.4, -0.2) is 28.7 Å². The summed E-state index contributed by atoms with van der Waals surface area (Å²) in [5.74, 6) is -0.119. The summed E-state index contributed by atoms with van der Waals surface area (Å²) in [5, 5.41) is 2.36. The number of amides is 3. The van der Waals surface area contributed by atoms with Crippen LogP contribution in [0.15, 0.2) is 42.5 Å². The molecule has 1 N–H and O–H groups in total. The Labute approximate surface area is 163 Å². The SMILES string of the molecule is O=C1CCC(N2Cc3cccc(-c4cccc(C5CCC5)c4)c3C2=O)C(=O)N1. The number of hydrogen-bond donors (Lipinski definition) is 1. The third kappa shape index (κ3) is 2.73. The highest BCUT2D eigenvalue weighted by Gasteiger charge is 2.40. The number of carbonyl (C=O) groups excluding carboxylic acids is 3. The fraction of sp³-hybridized carbons (Fsp3) is 0.348. The summed E-state index contributed by atoms with van der Waals surface area (Å²) < 4.78 is 0. The van der Waals surface area contributed by atoms with Crippen LogP contribution in [0.1, 0.15) is 59.5 Å². The molecule has 5 heteroatoms. The van der Waals surface area contributed by atoms with Gasteiger partial charge in [-0.1, -0.05) is 48.9 Å². The molecule has 3 amide bonds. The normalized spacial score (nSPS) is 22.1. The number of fused-ring (bicyclic) bond motifs is 1. The lowest BCUT2D eigenvalue weighted by Crippen LogP contribution is -2.52. The van der Waals surface area contributed by atoms with Gasteiger partial charge in [-0.2, -0.15) is 0 Å². The topological polar surface area (TPSA) is 66.5 Å². The predicted molar refractivity (Wildman–Crippen MR) is 105 cm³/mol. The first kappa shape index (κ1) is 17.2. The monoisotopic (exact) mass is 374 g/mol. The van der Waals surface area contributed by atoms with Crippen molar-refractivity contribution in [2.75, 3.05) is 0 Å². The van der Waals surface area contributed by atoms with E-state index >= 15 is 0 Å². The first-order chi connectivity index (χ1) is 13.6. The minimum atomic E-state index is -0.577. The second-order valence-electron chi connectivity index (χ2n) is 7.99. The molecule has 5 rings (SSSR count). The van der Waals surface area contributed by atoms with Crippen LogP contribution in [0.5, 0.6) is 0 Å². The predicted octanol–water partition coefficient (Wildman–Crippen LogP) is 3.38. The van der Waals surface area contributed by atoms with E-state index in [1.165, 1.54) is 24.8 Å². The molecule has 1 saturated heterocycles. The Kier molecular flexibility index (Phi) is 4.04. The molecule has 1 atom stereocenters. The summed E-state index contributed by atoms with van der Waals surface area (Å²) in [6.07, 6.45) is 4.41. The number of imide groups is 1. The van der Waals surface area contributed by atoms with Crippen molar-refractivity contribution >= 4 is 17.7 Å². The van der Waals surface area contributed by atoms with Gasteiger partial charge in [0.15, 0.2) is 0 Å². The minimum Gasteiger partial charge on any atom is -0.322 e. The summed E-state index contributed by atoms with van der Waals surface area (Å²) in [6, 6.07) is 13.9. The van der Waals surface area contributed by atoms with Gasteiger partial charge < -0.3 is 4.90 Å². The highest BCUT2D eigenvalue weighted by atomic mass is 16.2. The third-order valence-electron chi connectivity index (χ3n) is 6.33. The second-order valence-corrected chi connectivity index (χ2v) is 7.99. The van der Waals surface area contributed by atoms with Crippen LogP contribution in [0.2, 0.25) is 0 Å². The van der Waals surface area contributed by atoms with E-state index in [9.17, 15) is 14.4 Å². The summed E-state index contributed by atoms with van der Waals surface area (Å²) in [5.41, 5.74) is 4.96. The van der Waals surface area contributed by atoms with Gasteiger partial charge in [0.1, 0.15) is 6.04 Å². The maximum atomic E-state index is 13.3. The smallest absolute Gasteiger partial charge is 0.255 e. The molecular formula is C23H22N2O3. The Balaban J connectivity index is 1.49. The van der Waals surface area contributed by atoms with Crippen LogP contribution in [0, 0.1) is 0 Å². The van der Waals surface area contributed by atoms with Crippen molar-refractivity contribution in [2.24, 2.45) is 0 Å². The van der Waals surface area contributed by atoms with Crippen molar-refractivity contribution in [1.29, 1.82) is 0 Å². The fourth-order valence-electron chi connectivity index (χ4n) is 4.56. The largest absolute Gasteiger partial charge is 0.322 e. The Hall–Kier alpha value is -2.95. The summed E-state index contributed by atoms with van der Waals surface area (Å²) in [4.78, 5) is 38.6. The fourth-order valence-corrected chi connectivity index (χ4v) is 4.56. The molecule has 142 valence electrons. The number of carbonyl (C=O) groups is 3. The Morgan fingerprint density at radius 1 is 0.964 bits per heavy atom. The lowest BCUT2D eigenvalue weighted by Gasteiger charge is -2.29. The van der Waals surface area contributed by atoms with Crippen LogP contribution in [0.4, 0.5) is 0 Å². The molecule has 1 aliphatic carbocycles. The zero-order valence-corrected chi connectivity index (χ0v) is 15.6. The molecule has 2 aromatic carbocycles. The second kappa shape index (κ2) is 6.59. The lowest BCUT2D eigenvalue weighted by atomic mass is 9.79. The Morgan fingerprint density at radius 2 is 1.79 bits per heavy atom. The van der Waals surface area contributed by atoms with Crippen molar-refractivity contribution in [3.05, 3.63) is 59.2 Å². The maximum Gasteiger partial charge on any atom is 0.255 e. The highest BCUT2D eigenvalue weighted by molar-refractivity contribution is 6.08. The van der Waals surface area contributed by atoms with Gasteiger partial charge in [0.05, 0.1) is 5.56 Å². The first-order valence-electron chi connectivity index (χ1n) is 9.98. The summed E-state index contributed by atoms with van der Waals surface area (Å²) >= 11 is 0. The van der Waals surface area contributed by atoms with Gasteiger partial charge in [-0.3, -0.25) is 19.7 Å². The Bertz CT molecular complexity index is 993. The van der Waals surface area contributed by atoms with Crippen molar-refractivity contribution in [3.63, 3.8) is 0 Å². The summed E-state index contributed by atoms with van der Waals surface area (Å²) in [6.45, 7) is 0.413. The molecule has 28 heavy (non-hydrogen) atoms. The van der Waals surface area contributed by atoms with Gasteiger partial charge >= 0.3 is 0 Å². The van der Waals surface area contributed by atoms with Crippen LogP contribution in [-0.2, 0) is 16.1 Å². The molecule has 0 spiro atoms. The van der Waals surface area contributed by atoms with Crippen molar-refractivity contribution in [1.82, 2.24) is 10.2 Å². The van der Waals surface area contributed by atoms with Crippen molar-refractivity contribution in [3.8, 4) is 11.1 Å². The number of piperidine rings is 1. The van der Waals surface area contributed by atoms with Gasteiger partial charge in [0.25, 0.3) is 5.91 Å². The van der Waals surface area contributed by atoms with Crippen LogP contribution in [0.3, 0.4) is 0 Å². The van der Waals surface area contributed by atoms with Crippen molar-refractivity contribution < 1.29 is 14.4 Å². The highest BCUT2D eigenvalue weighted by Crippen LogP contribution is 2.39. The van der Waals surface area contributed by atoms with E-state index in [1.807, 2.05) is 18.2 Å². The van der Waals surface area contributed by atoms with Gasteiger partial charge in [-0.05, 0) is 47.4 Å². The average molecular weight is 374 g/mol. The molecular weight excluding hydrogens is 352 g/mol. The number of nitrogens with zero attached hydrogens (tertiary/aromatic N) is 1. The first-order valence-corrected chi connectivity index (χ1v) is 9.98. The van der Waals surface area contributed by atoms with E-state index < -0.39 is 6.04 Å². The molecule has 0 aromatic heterocycles. The number of nitrogens with one attached hydrogen (secondary N) is 1. The lowest BCUT2D eigenvalue weighted by molar-refractivity contribution is -0.136. The molecule has 2 aromatic rings. The molecule has 1 unspecified atom stereocenters. The number of rotatable bonds is 3. The summed E-state index contributed by atoms with van der Waals surface area (Å²) in [7, 11) is 0. The zero-order chi connectivity index (χ0) is 19.3. The van der Waals surface area contributed by atoms with E-state index in [2.05, 4.69) is 29.6 Å². The zero-order valence-electron chi connectivity index (χ0n) is 15.6. The average Bonchev–Trinajstić information content (AvgIpc) is 2.97. The molecule has 3 aliphatic rings. The van der Waals surface area contributed by atoms with E-state index in [0.29, 0.717) is 24.4 Å². The van der Waals surface area contributed by atoms with E-state index in [1.54, 1.807) is 4.90 Å². The molecule has 2 fully saturated rings. The van der Waals surface area contributed by atoms with Crippen LogP contribution < -0.4 is 5.32 Å². The third-order valence-corrected chi connectivity index (χ3v) is 6.33. The minimum absolute atomic E-state index is 0.117. The number of hydrogen-bond acceptors (Lipinski definition) is 3. The molecule has 0 radical (unpaired) electrons. The van der Waals surface area contributed by atoms with Crippen molar-refractivity contribution in [2.45, 2.75) is 50.6 Å². The van der Waals surface area contributed by atoms with E-state index in [4.69, 9.17) is 0 Å². The molecule has 0 bridgehead atoms. The van der Waals surface area contributed by atoms with Crippen LogP contribution in [0.25, 0.3) is 11.1 Å². The molecule has 2 heterocycles. The standard InChI is InChI=1S/C23H22N2O3/c26-20-11-10-19(22(27)24-20)25-13-17-8-3-9-18(21(17)23(25)28)16-7-2-6-15(12-16)14-4-1-5-14/h2-3,6-9,12,14,19H,1,4-5,10-11,13H2,(H,24,26,27).